The van der Waals surface area contributed by atoms with E-state index in [1.165, 1.54) is 0 Å². The molecule has 0 fully saturated rings. The second-order valence-corrected chi connectivity index (χ2v) is 5.45. The van der Waals surface area contributed by atoms with E-state index in [9.17, 15) is 13.2 Å². The van der Waals surface area contributed by atoms with Crippen molar-refractivity contribution in [3.05, 3.63) is 69.4 Å². The van der Waals surface area contributed by atoms with Crippen LogP contribution in [-0.4, -0.2) is 0 Å². The van der Waals surface area contributed by atoms with Crippen LogP contribution in [0, 0.1) is 17.5 Å². The quantitative estimate of drug-likeness (QED) is 0.792. The highest BCUT2D eigenvalue weighted by Gasteiger charge is 2.11. The highest BCUT2D eigenvalue weighted by molar-refractivity contribution is 9.10. The second kappa shape index (κ2) is 6.41. The Labute approximate surface area is 123 Å². The number of nitrogens with one attached hydrogen (secondary N) is 1. The molecule has 0 saturated carbocycles. The molecular formula is C15H13BrF3N. The van der Waals surface area contributed by atoms with E-state index in [0.717, 1.165) is 22.2 Å². The minimum atomic E-state index is -1.44. The first-order valence-corrected chi connectivity index (χ1v) is 6.89. The fourth-order valence-electron chi connectivity index (χ4n) is 1.87. The summed E-state index contributed by atoms with van der Waals surface area (Å²) in [7, 11) is 0. The molecule has 1 N–H and O–H groups in total. The van der Waals surface area contributed by atoms with Crippen molar-refractivity contribution < 1.29 is 13.2 Å². The SMILES string of the molecule is CC(NCc1cc(F)c(F)c(F)c1)c1cccc(Br)c1. The molecule has 0 aliphatic heterocycles. The summed E-state index contributed by atoms with van der Waals surface area (Å²) in [4.78, 5) is 0. The molecule has 0 saturated heterocycles. The van der Waals surface area contributed by atoms with Gasteiger partial charge in [0.15, 0.2) is 17.5 Å². The highest BCUT2D eigenvalue weighted by atomic mass is 79.9. The molecule has 0 spiro atoms. The summed E-state index contributed by atoms with van der Waals surface area (Å²) in [5.74, 6) is -3.78. The normalized spacial score (nSPS) is 12.4. The molecule has 106 valence electrons. The van der Waals surface area contributed by atoms with Crippen LogP contribution in [0.15, 0.2) is 40.9 Å². The number of benzene rings is 2. The fourth-order valence-corrected chi connectivity index (χ4v) is 2.29. The summed E-state index contributed by atoms with van der Waals surface area (Å²) in [6, 6.07) is 9.75. The molecule has 0 aliphatic carbocycles. The van der Waals surface area contributed by atoms with Crippen LogP contribution in [0.3, 0.4) is 0 Å². The van der Waals surface area contributed by atoms with Crippen molar-refractivity contribution in [3.63, 3.8) is 0 Å². The Hall–Kier alpha value is -1.33. The molecule has 0 aromatic heterocycles. The summed E-state index contributed by atoms with van der Waals surface area (Å²) >= 11 is 3.38. The third kappa shape index (κ3) is 3.61. The number of rotatable bonds is 4. The van der Waals surface area contributed by atoms with Crippen molar-refractivity contribution in [3.8, 4) is 0 Å². The molecule has 0 radical (unpaired) electrons. The van der Waals surface area contributed by atoms with Gasteiger partial charge in [-0.05, 0) is 42.3 Å². The van der Waals surface area contributed by atoms with E-state index in [1.54, 1.807) is 0 Å². The van der Waals surface area contributed by atoms with Gasteiger partial charge in [-0.2, -0.15) is 0 Å². The Kier molecular flexibility index (Phi) is 4.83. The summed E-state index contributed by atoms with van der Waals surface area (Å²) in [5.41, 5.74) is 1.41. The summed E-state index contributed by atoms with van der Waals surface area (Å²) in [5, 5.41) is 3.14. The number of halogens is 4. The maximum Gasteiger partial charge on any atom is 0.194 e. The van der Waals surface area contributed by atoms with Gasteiger partial charge in [0.1, 0.15) is 0 Å². The van der Waals surface area contributed by atoms with E-state index in [2.05, 4.69) is 21.2 Å². The predicted octanol–water partition coefficient (Wildman–Crippen LogP) is 4.72. The van der Waals surface area contributed by atoms with Gasteiger partial charge in [-0.3, -0.25) is 0 Å². The lowest BCUT2D eigenvalue weighted by molar-refractivity contribution is 0.443. The molecule has 5 heteroatoms. The zero-order valence-corrected chi connectivity index (χ0v) is 12.3. The monoisotopic (exact) mass is 343 g/mol. The smallest absolute Gasteiger partial charge is 0.194 e. The minimum absolute atomic E-state index is 0.00340. The zero-order chi connectivity index (χ0) is 14.7. The van der Waals surface area contributed by atoms with Gasteiger partial charge in [0.2, 0.25) is 0 Å². The average molecular weight is 344 g/mol. The first-order valence-electron chi connectivity index (χ1n) is 6.09. The van der Waals surface area contributed by atoms with Crippen molar-refractivity contribution >= 4 is 15.9 Å². The van der Waals surface area contributed by atoms with Crippen molar-refractivity contribution in [2.45, 2.75) is 19.5 Å². The van der Waals surface area contributed by atoms with Gasteiger partial charge in [0.05, 0.1) is 0 Å². The second-order valence-electron chi connectivity index (χ2n) is 4.53. The van der Waals surface area contributed by atoms with Crippen LogP contribution in [0.1, 0.15) is 24.1 Å². The van der Waals surface area contributed by atoms with Gasteiger partial charge in [0.25, 0.3) is 0 Å². The molecule has 20 heavy (non-hydrogen) atoms. The minimum Gasteiger partial charge on any atom is -0.306 e. The van der Waals surface area contributed by atoms with E-state index in [4.69, 9.17) is 0 Å². The van der Waals surface area contributed by atoms with Crippen LogP contribution >= 0.6 is 15.9 Å². The Morgan fingerprint density at radius 2 is 1.75 bits per heavy atom. The number of hydrogen-bond acceptors (Lipinski definition) is 1. The summed E-state index contributed by atoms with van der Waals surface area (Å²) in [6.07, 6.45) is 0. The molecule has 0 amide bonds. The first-order chi connectivity index (χ1) is 9.47. The van der Waals surface area contributed by atoms with Crippen molar-refractivity contribution in [1.29, 1.82) is 0 Å². The Balaban J connectivity index is 2.05. The fraction of sp³-hybridized carbons (Fsp3) is 0.200. The molecule has 0 bridgehead atoms. The van der Waals surface area contributed by atoms with Gasteiger partial charge in [-0.15, -0.1) is 0 Å². The molecule has 1 unspecified atom stereocenters. The zero-order valence-electron chi connectivity index (χ0n) is 10.8. The lowest BCUT2D eigenvalue weighted by atomic mass is 10.1. The summed E-state index contributed by atoms with van der Waals surface area (Å²) < 4.78 is 40.0. The lowest BCUT2D eigenvalue weighted by Gasteiger charge is -2.15. The molecule has 0 aliphatic rings. The average Bonchev–Trinajstić information content (AvgIpc) is 2.42. The van der Waals surface area contributed by atoms with Crippen LogP contribution in [-0.2, 0) is 6.54 Å². The van der Waals surface area contributed by atoms with E-state index >= 15 is 0 Å². The van der Waals surface area contributed by atoms with Crippen LogP contribution in [0.4, 0.5) is 13.2 Å². The third-order valence-corrected chi connectivity index (χ3v) is 3.50. The van der Waals surface area contributed by atoms with Gasteiger partial charge >= 0.3 is 0 Å². The molecular weight excluding hydrogens is 331 g/mol. The van der Waals surface area contributed by atoms with Crippen molar-refractivity contribution in [2.24, 2.45) is 0 Å². The molecule has 1 atom stereocenters. The standard InChI is InChI=1S/C15H13BrF3N/c1-9(11-3-2-4-12(16)7-11)20-8-10-5-13(17)15(19)14(18)6-10/h2-7,9,20H,8H2,1H3. The molecule has 2 aromatic carbocycles. The molecule has 2 rings (SSSR count). The summed E-state index contributed by atoms with van der Waals surface area (Å²) in [6.45, 7) is 2.19. The van der Waals surface area contributed by atoms with E-state index in [0.29, 0.717) is 5.56 Å². The van der Waals surface area contributed by atoms with Crippen molar-refractivity contribution in [1.82, 2.24) is 5.32 Å². The molecule has 1 nitrogen and oxygen atoms in total. The van der Waals surface area contributed by atoms with E-state index < -0.39 is 17.5 Å². The topological polar surface area (TPSA) is 12.0 Å². The Morgan fingerprint density at radius 1 is 1.10 bits per heavy atom. The van der Waals surface area contributed by atoms with Gasteiger partial charge in [0, 0.05) is 17.1 Å². The van der Waals surface area contributed by atoms with Crippen LogP contribution < -0.4 is 5.32 Å². The van der Waals surface area contributed by atoms with Crippen molar-refractivity contribution in [2.75, 3.05) is 0 Å². The van der Waals surface area contributed by atoms with E-state index in [1.807, 2.05) is 31.2 Å². The van der Waals surface area contributed by atoms with Gasteiger partial charge < -0.3 is 5.32 Å². The Bertz CT molecular complexity index is 593. The molecule has 2 aromatic rings. The lowest BCUT2D eigenvalue weighted by Crippen LogP contribution is -2.18. The maximum atomic E-state index is 13.1. The number of hydrogen-bond donors (Lipinski definition) is 1. The largest absolute Gasteiger partial charge is 0.306 e. The maximum absolute atomic E-state index is 13.1. The Morgan fingerprint density at radius 3 is 2.35 bits per heavy atom. The molecule has 0 heterocycles. The van der Waals surface area contributed by atoms with Gasteiger partial charge in [-0.1, -0.05) is 28.1 Å². The third-order valence-electron chi connectivity index (χ3n) is 3.00. The van der Waals surface area contributed by atoms with Crippen LogP contribution in [0.2, 0.25) is 0 Å². The highest BCUT2D eigenvalue weighted by Crippen LogP contribution is 2.19. The predicted molar refractivity (Wildman–Crippen MR) is 75.7 cm³/mol. The van der Waals surface area contributed by atoms with Crippen LogP contribution in [0.5, 0.6) is 0 Å². The van der Waals surface area contributed by atoms with E-state index in [-0.39, 0.29) is 12.6 Å². The van der Waals surface area contributed by atoms with Crippen LogP contribution in [0.25, 0.3) is 0 Å². The van der Waals surface area contributed by atoms with Gasteiger partial charge in [-0.25, -0.2) is 13.2 Å². The first kappa shape index (κ1) is 15.1.